The Labute approximate surface area is 87.7 Å². The molecule has 0 spiro atoms. The number of nitrogen functional groups attached to an aromatic ring is 1. The van der Waals surface area contributed by atoms with Gasteiger partial charge in [-0.05, 0) is 18.2 Å². The van der Waals surface area contributed by atoms with E-state index < -0.39 is 0 Å². The van der Waals surface area contributed by atoms with Gasteiger partial charge in [0.05, 0.1) is 12.8 Å². The minimum Gasteiger partial charge on any atom is -0.480 e. The van der Waals surface area contributed by atoms with Crippen LogP contribution in [-0.2, 0) is 0 Å². The van der Waals surface area contributed by atoms with Crippen molar-refractivity contribution in [2.45, 2.75) is 0 Å². The summed E-state index contributed by atoms with van der Waals surface area (Å²) < 4.78 is 4.93. The molecular weight excluding hydrogens is 190 g/mol. The first-order valence-corrected chi connectivity index (χ1v) is 4.53. The standard InChI is InChI=1S/C11H11N3O/c1-15-11-7-6-10(13-14-11)8-2-4-9(12)5-3-8/h2-7H,12H2,1H3. The van der Waals surface area contributed by atoms with Crippen LogP contribution in [0, 0.1) is 0 Å². The number of rotatable bonds is 2. The fraction of sp³-hybridized carbons (Fsp3) is 0.0909. The van der Waals surface area contributed by atoms with Gasteiger partial charge in [0.15, 0.2) is 0 Å². The van der Waals surface area contributed by atoms with Crippen LogP contribution in [0.5, 0.6) is 5.88 Å². The largest absolute Gasteiger partial charge is 0.480 e. The SMILES string of the molecule is COc1ccc(-c2ccc(N)cc2)nn1. The second kappa shape index (κ2) is 3.96. The summed E-state index contributed by atoms with van der Waals surface area (Å²) in [5, 5.41) is 7.93. The monoisotopic (exact) mass is 201 g/mol. The molecule has 0 fully saturated rings. The number of methoxy groups -OCH3 is 1. The minimum atomic E-state index is 0.509. The van der Waals surface area contributed by atoms with Crippen LogP contribution in [0.25, 0.3) is 11.3 Å². The number of nitrogens with two attached hydrogens (primary N) is 1. The molecule has 76 valence electrons. The molecule has 1 heterocycles. The number of hydrogen-bond acceptors (Lipinski definition) is 4. The Kier molecular flexibility index (Phi) is 2.49. The molecule has 0 aliphatic carbocycles. The van der Waals surface area contributed by atoms with E-state index in [2.05, 4.69) is 10.2 Å². The van der Waals surface area contributed by atoms with Crippen LogP contribution in [0.3, 0.4) is 0 Å². The molecule has 4 nitrogen and oxygen atoms in total. The van der Waals surface area contributed by atoms with E-state index in [0.717, 1.165) is 16.9 Å². The Bertz CT molecular complexity index is 436. The van der Waals surface area contributed by atoms with Crippen molar-refractivity contribution in [2.75, 3.05) is 12.8 Å². The first kappa shape index (κ1) is 9.45. The number of anilines is 1. The molecule has 0 saturated heterocycles. The minimum absolute atomic E-state index is 0.509. The van der Waals surface area contributed by atoms with E-state index in [4.69, 9.17) is 10.5 Å². The van der Waals surface area contributed by atoms with Crippen molar-refractivity contribution in [2.24, 2.45) is 0 Å². The Morgan fingerprint density at radius 2 is 1.73 bits per heavy atom. The number of ether oxygens (including phenoxy) is 1. The highest BCUT2D eigenvalue weighted by Crippen LogP contribution is 2.18. The highest BCUT2D eigenvalue weighted by atomic mass is 16.5. The molecule has 2 rings (SSSR count). The lowest BCUT2D eigenvalue weighted by Gasteiger charge is -2.01. The molecule has 0 unspecified atom stereocenters. The quantitative estimate of drug-likeness (QED) is 0.752. The predicted octanol–water partition coefficient (Wildman–Crippen LogP) is 1.73. The summed E-state index contributed by atoms with van der Waals surface area (Å²) in [6, 6.07) is 11.1. The summed E-state index contributed by atoms with van der Waals surface area (Å²) in [5.74, 6) is 0.509. The van der Waals surface area contributed by atoms with Crippen molar-refractivity contribution in [3.8, 4) is 17.1 Å². The van der Waals surface area contributed by atoms with E-state index in [9.17, 15) is 0 Å². The smallest absolute Gasteiger partial charge is 0.233 e. The zero-order valence-electron chi connectivity index (χ0n) is 8.34. The lowest BCUT2D eigenvalue weighted by Crippen LogP contribution is -1.92. The van der Waals surface area contributed by atoms with E-state index in [0.29, 0.717) is 5.88 Å². The van der Waals surface area contributed by atoms with Crippen LogP contribution in [0.1, 0.15) is 0 Å². The molecule has 2 N–H and O–H groups in total. The Morgan fingerprint density at radius 1 is 1.00 bits per heavy atom. The van der Waals surface area contributed by atoms with Crippen LogP contribution < -0.4 is 10.5 Å². The van der Waals surface area contributed by atoms with Crippen molar-refractivity contribution in [1.82, 2.24) is 10.2 Å². The molecule has 0 saturated carbocycles. The van der Waals surface area contributed by atoms with Gasteiger partial charge in [0.25, 0.3) is 0 Å². The summed E-state index contributed by atoms with van der Waals surface area (Å²) in [5.41, 5.74) is 8.12. The maximum absolute atomic E-state index is 5.59. The van der Waals surface area contributed by atoms with E-state index in [1.165, 1.54) is 0 Å². The zero-order chi connectivity index (χ0) is 10.7. The topological polar surface area (TPSA) is 61.0 Å². The average molecular weight is 201 g/mol. The Balaban J connectivity index is 2.33. The third-order valence-electron chi connectivity index (χ3n) is 2.06. The summed E-state index contributed by atoms with van der Waals surface area (Å²) in [6.45, 7) is 0. The van der Waals surface area contributed by atoms with Crippen molar-refractivity contribution < 1.29 is 4.74 Å². The van der Waals surface area contributed by atoms with Gasteiger partial charge in [-0.3, -0.25) is 0 Å². The molecule has 2 aromatic rings. The van der Waals surface area contributed by atoms with E-state index in [-0.39, 0.29) is 0 Å². The fourth-order valence-corrected chi connectivity index (χ4v) is 1.24. The van der Waals surface area contributed by atoms with Crippen LogP contribution in [-0.4, -0.2) is 17.3 Å². The van der Waals surface area contributed by atoms with Gasteiger partial charge in [0, 0.05) is 17.3 Å². The predicted molar refractivity (Wildman–Crippen MR) is 58.4 cm³/mol. The number of hydrogen-bond donors (Lipinski definition) is 1. The van der Waals surface area contributed by atoms with Crippen LogP contribution in [0.4, 0.5) is 5.69 Å². The number of benzene rings is 1. The second-order valence-corrected chi connectivity index (χ2v) is 3.08. The fourth-order valence-electron chi connectivity index (χ4n) is 1.24. The molecule has 0 atom stereocenters. The van der Waals surface area contributed by atoms with Gasteiger partial charge in [-0.25, -0.2) is 0 Å². The van der Waals surface area contributed by atoms with E-state index in [1.807, 2.05) is 30.3 Å². The molecule has 15 heavy (non-hydrogen) atoms. The molecular formula is C11H11N3O. The van der Waals surface area contributed by atoms with Crippen LogP contribution in [0.2, 0.25) is 0 Å². The van der Waals surface area contributed by atoms with Crippen molar-refractivity contribution in [3.63, 3.8) is 0 Å². The molecule has 0 bridgehead atoms. The zero-order valence-corrected chi connectivity index (χ0v) is 8.34. The Morgan fingerprint density at radius 3 is 2.27 bits per heavy atom. The maximum Gasteiger partial charge on any atom is 0.233 e. The maximum atomic E-state index is 5.59. The van der Waals surface area contributed by atoms with Gasteiger partial charge in [0.2, 0.25) is 5.88 Å². The lowest BCUT2D eigenvalue weighted by molar-refractivity contribution is 0.392. The summed E-state index contributed by atoms with van der Waals surface area (Å²) in [4.78, 5) is 0. The molecule has 0 radical (unpaired) electrons. The first-order chi connectivity index (χ1) is 7.29. The van der Waals surface area contributed by atoms with Gasteiger partial charge < -0.3 is 10.5 Å². The first-order valence-electron chi connectivity index (χ1n) is 4.53. The Hall–Kier alpha value is -2.10. The van der Waals surface area contributed by atoms with Crippen molar-refractivity contribution in [3.05, 3.63) is 36.4 Å². The molecule has 0 amide bonds. The van der Waals surface area contributed by atoms with Gasteiger partial charge >= 0.3 is 0 Å². The normalized spacial score (nSPS) is 9.93. The van der Waals surface area contributed by atoms with Crippen molar-refractivity contribution in [1.29, 1.82) is 0 Å². The molecule has 0 aliphatic rings. The van der Waals surface area contributed by atoms with Gasteiger partial charge in [0.1, 0.15) is 0 Å². The second-order valence-electron chi connectivity index (χ2n) is 3.08. The van der Waals surface area contributed by atoms with Crippen molar-refractivity contribution >= 4 is 5.69 Å². The number of nitrogens with zero attached hydrogens (tertiary/aromatic N) is 2. The molecule has 1 aromatic heterocycles. The summed E-state index contributed by atoms with van der Waals surface area (Å²) in [7, 11) is 1.56. The average Bonchev–Trinajstić information content (AvgIpc) is 2.30. The lowest BCUT2D eigenvalue weighted by atomic mass is 10.1. The van der Waals surface area contributed by atoms with Crippen LogP contribution in [0.15, 0.2) is 36.4 Å². The van der Waals surface area contributed by atoms with Gasteiger partial charge in [-0.2, -0.15) is 0 Å². The molecule has 1 aromatic carbocycles. The summed E-state index contributed by atoms with van der Waals surface area (Å²) >= 11 is 0. The molecule has 0 aliphatic heterocycles. The highest BCUT2D eigenvalue weighted by molar-refractivity contribution is 5.61. The van der Waals surface area contributed by atoms with Crippen LogP contribution >= 0.6 is 0 Å². The number of aromatic nitrogens is 2. The van der Waals surface area contributed by atoms with Gasteiger partial charge in [-0.15, -0.1) is 10.2 Å². The third-order valence-corrected chi connectivity index (χ3v) is 2.06. The van der Waals surface area contributed by atoms with E-state index >= 15 is 0 Å². The molecule has 4 heteroatoms. The highest BCUT2D eigenvalue weighted by Gasteiger charge is 2.00. The third kappa shape index (κ3) is 2.04. The van der Waals surface area contributed by atoms with E-state index in [1.54, 1.807) is 13.2 Å². The summed E-state index contributed by atoms with van der Waals surface area (Å²) in [6.07, 6.45) is 0. The van der Waals surface area contributed by atoms with Gasteiger partial charge in [-0.1, -0.05) is 12.1 Å².